The molecule has 1 atom stereocenters. The molecule has 2 rings (SSSR count). The van der Waals surface area contributed by atoms with Gasteiger partial charge < -0.3 is 5.32 Å². The van der Waals surface area contributed by atoms with Gasteiger partial charge in [-0.25, -0.2) is 0 Å². The van der Waals surface area contributed by atoms with Crippen LogP contribution in [0, 0.1) is 5.92 Å². The van der Waals surface area contributed by atoms with E-state index in [-0.39, 0.29) is 0 Å². The van der Waals surface area contributed by atoms with Gasteiger partial charge in [-0.3, -0.25) is 4.90 Å². The molecule has 0 amide bonds. The Kier molecular flexibility index (Phi) is 4.66. The molecule has 0 aromatic heterocycles. The number of nitrogens with one attached hydrogen (secondary N) is 1. The van der Waals surface area contributed by atoms with Crippen LogP contribution >= 0.6 is 0 Å². The smallest absolute Gasteiger partial charge is 0.0207 e. The summed E-state index contributed by atoms with van der Waals surface area (Å²) in [5.41, 5.74) is 0. The summed E-state index contributed by atoms with van der Waals surface area (Å²) in [5.74, 6) is 0.872. The predicted octanol–water partition coefficient (Wildman–Crippen LogP) is 2.64. The average molecular weight is 224 g/mol. The SMILES string of the molecule is CC(C)CCCCNC1CCN(C2CC2)C1. The van der Waals surface area contributed by atoms with Crippen LogP contribution in [0.15, 0.2) is 0 Å². The van der Waals surface area contributed by atoms with Crippen molar-refractivity contribution in [1.29, 1.82) is 0 Å². The standard InChI is InChI=1S/C14H28N2/c1-12(2)5-3-4-9-15-13-8-10-16(11-13)14-6-7-14/h12-15H,3-11H2,1-2H3. The van der Waals surface area contributed by atoms with Crippen LogP contribution in [0.2, 0.25) is 0 Å². The maximum Gasteiger partial charge on any atom is 0.0207 e. The van der Waals surface area contributed by atoms with E-state index in [0.717, 1.165) is 18.0 Å². The van der Waals surface area contributed by atoms with Crippen molar-refractivity contribution in [3.05, 3.63) is 0 Å². The number of hydrogen-bond acceptors (Lipinski definition) is 2. The summed E-state index contributed by atoms with van der Waals surface area (Å²) in [4.78, 5) is 2.69. The maximum atomic E-state index is 3.73. The van der Waals surface area contributed by atoms with Gasteiger partial charge in [0.2, 0.25) is 0 Å². The van der Waals surface area contributed by atoms with Gasteiger partial charge in [0.05, 0.1) is 0 Å². The summed E-state index contributed by atoms with van der Waals surface area (Å²) in [7, 11) is 0. The summed E-state index contributed by atoms with van der Waals surface area (Å²) in [6.07, 6.45) is 8.44. The number of hydrogen-bond donors (Lipinski definition) is 1. The maximum absolute atomic E-state index is 3.73. The van der Waals surface area contributed by atoms with Crippen molar-refractivity contribution in [2.45, 2.75) is 64.5 Å². The highest BCUT2D eigenvalue weighted by Crippen LogP contribution is 2.29. The Morgan fingerprint density at radius 3 is 2.69 bits per heavy atom. The van der Waals surface area contributed by atoms with Crippen molar-refractivity contribution in [2.24, 2.45) is 5.92 Å². The molecule has 0 aromatic rings. The van der Waals surface area contributed by atoms with Crippen LogP contribution in [-0.2, 0) is 0 Å². The molecule has 1 unspecified atom stereocenters. The van der Waals surface area contributed by atoms with E-state index < -0.39 is 0 Å². The van der Waals surface area contributed by atoms with E-state index in [9.17, 15) is 0 Å². The lowest BCUT2D eigenvalue weighted by molar-refractivity contribution is 0.317. The number of unbranched alkanes of at least 4 members (excludes halogenated alkanes) is 1. The molecule has 0 radical (unpaired) electrons. The topological polar surface area (TPSA) is 15.3 Å². The molecule has 0 aromatic carbocycles. The van der Waals surface area contributed by atoms with E-state index in [1.807, 2.05) is 0 Å². The third-order valence-electron chi connectivity index (χ3n) is 3.92. The Bertz CT molecular complexity index is 199. The average Bonchev–Trinajstić information content (AvgIpc) is 2.99. The normalized spacial score (nSPS) is 26.8. The first-order valence-electron chi connectivity index (χ1n) is 7.23. The third kappa shape index (κ3) is 4.06. The first kappa shape index (κ1) is 12.4. The fraction of sp³-hybridized carbons (Fsp3) is 1.00. The molecule has 2 heteroatoms. The highest BCUT2D eigenvalue weighted by Gasteiger charge is 2.33. The fourth-order valence-corrected chi connectivity index (χ4v) is 2.71. The molecule has 2 nitrogen and oxygen atoms in total. The summed E-state index contributed by atoms with van der Waals surface area (Å²) in [5, 5.41) is 3.73. The van der Waals surface area contributed by atoms with Crippen LogP contribution in [0.25, 0.3) is 0 Å². The second-order valence-electron chi connectivity index (χ2n) is 6.06. The molecule has 0 bridgehead atoms. The van der Waals surface area contributed by atoms with Gasteiger partial charge in [0.15, 0.2) is 0 Å². The molecular weight excluding hydrogens is 196 g/mol. The molecule has 1 N–H and O–H groups in total. The Morgan fingerprint density at radius 2 is 2.00 bits per heavy atom. The molecule has 2 fully saturated rings. The summed E-state index contributed by atoms with van der Waals surface area (Å²) < 4.78 is 0. The van der Waals surface area contributed by atoms with E-state index in [4.69, 9.17) is 0 Å². The molecule has 1 heterocycles. The minimum Gasteiger partial charge on any atom is -0.313 e. The lowest BCUT2D eigenvalue weighted by Gasteiger charge is -2.15. The lowest BCUT2D eigenvalue weighted by atomic mass is 10.1. The van der Waals surface area contributed by atoms with E-state index in [1.165, 1.54) is 58.2 Å². The number of rotatable bonds is 7. The predicted molar refractivity (Wildman–Crippen MR) is 69.7 cm³/mol. The molecule has 16 heavy (non-hydrogen) atoms. The van der Waals surface area contributed by atoms with Gasteiger partial charge in [-0.1, -0.05) is 26.7 Å². The highest BCUT2D eigenvalue weighted by atomic mass is 15.2. The van der Waals surface area contributed by atoms with E-state index in [0.29, 0.717) is 0 Å². The van der Waals surface area contributed by atoms with Crippen molar-refractivity contribution in [3.63, 3.8) is 0 Å². The van der Waals surface area contributed by atoms with Gasteiger partial charge >= 0.3 is 0 Å². The Labute approximate surface area is 101 Å². The molecule has 1 saturated carbocycles. The van der Waals surface area contributed by atoms with Gasteiger partial charge in [-0.2, -0.15) is 0 Å². The van der Waals surface area contributed by atoms with Crippen LogP contribution in [0.3, 0.4) is 0 Å². The molecule has 1 aliphatic heterocycles. The quantitative estimate of drug-likeness (QED) is 0.669. The molecule has 94 valence electrons. The fourth-order valence-electron chi connectivity index (χ4n) is 2.71. The van der Waals surface area contributed by atoms with Crippen molar-refractivity contribution in [3.8, 4) is 0 Å². The minimum absolute atomic E-state index is 0.791. The van der Waals surface area contributed by atoms with Crippen LogP contribution in [0.4, 0.5) is 0 Å². The highest BCUT2D eigenvalue weighted by molar-refractivity contribution is 4.91. The summed E-state index contributed by atoms with van der Waals surface area (Å²) in [6.45, 7) is 8.52. The monoisotopic (exact) mass is 224 g/mol. The second-order valence-corrected chi connectivity index (χ2v) is 6.06. The zero-order chi connectivity index (χ0) is 11.4. The summed E-state index contributed by atoms with van der Waals surface area (Å²) in [6, 6.07) is 1.76. The van der Waals surface area contributed by atoms with Gasteiger partial charge in [-0.05, 0) is 38.1 Å². The first-order valence-corrected chi connectivity index (χ1v) is 7.23. The van der Waals surface area contributed by atoms with E-state index in [2.05, 4.69) is 24.1 Å². The first-order chi connectivity index (χ1) is 7.75. The van der Waals surface area contributed by atoms with Crippen molar-refractivity contribution >= 4 is 0 Å². The van der Waals surface area contributed by atoms with Gasteiger partial charge in [0, 0.05) is 25.2 Å². The van der Waals surface area contributed by atoms with Crippen LogP contribution in [-0.4, -0.2) is 36.6 Å². The molecule has 1 saturated heterocycles. The number of likely N-dealkylation sites (tertiary alicyclic amines) is 1. The van der Waals surface area contributed by atoms with Crippen molar-refractivity contribution < 1.29 is 0 Å². The Hall–Kier alpha value is -0.0800. The van der Waals surface area contributed by atoms with Crippen molar-refractivity contribution in [2.75, 3.05) is 19.6 Å². The second kappa shape index (κ2) is 6.02. The largest absolute Gasteiger partial charge is 0.313 e. The Balaban J connectivity index is 1.47. The van der Waals surface area contributed by atoms with Gasteiger partial charge in [-0.15, -0.1) is 0 Å². The van der Waals surface area contributed by atoms with Crippen LogP contribution in [0.5, 0.6) is 0 Å². The molecule has 1 aliphatic carbocycles. The summed E-state index contributed by atoms with van der Waals surface area (Å²) >= 11 is 0. The zero-order valence-electron chi connectivity index (χ0n) is 11.0. The molecular formula is C14H28N2. The van der Waals surface area contributed by atoms with Crippen LogP contribution in [0.1, 0.15) is 52.4 Å². The van der Waals surface area contributed by atoms with E-state index in [1.54, 1.807) is 0 Å². The molecule has 0 spiro atoms. The van der Waals surface area contributed by atoms with E-state index >= 15 is 0 Å². The molecule has 2 aliphatic rings. The Morgan fingerprint density at radius 1 is 1.19 bits per heavy atom. The van der Waals surface area contributed by atoms with Crippen LogP contribution < -0.4 is 5.32 Å². The lowest BCUT2D eigenvalue weighted by Crippen LogP contribution is -2.33. The van der Waals surface area contributed by atoms with Crippen molar-refractivity contribution in [1.82, 2.24) is 10.2 Å². The van der Waals surface area contributed by atoms with Gasteiger partial charge in [0.1, 0.15) is 0 Å². The third-order valence-corrected chi connectivity index (χ3v) is 3.92. The zero-order valence-corrected chi connectivity index (χ0v) is 11.0. The number of nitrogens with zero attached hydrogens (tertiary/aromatic N) is 1. The minimum atomic E-state index is 0.791. The van der Waals surface area contributed by atoms with Gasteiger partial charge in [0.25, 0.3) is 0 Å².